The number of hydrogen-bond donors (Lipinski definition) is 0. The van der Waals surface area contributed by atoms with Crippen molar-refractivity contribution in [2.45, 2.75) is 88.0 Å². The van der Waals surface area contributed by atoms with Gasteiger partial charge in [0.15, 0.2) is 0 Å². The zero-order chi connectivity index (χ0) is 21.1. The third kappa shape index (κ3) is 13.7. The highest BCUT2D eigenvalue weighted by molar-refractivity contribution is 5.32. The second kappa shape index (κ2) is 19.8. The molecule has 0 heterocycles. The second-order valence-electron chi connectivity index (χ2n) is 5.90. The van der Waals surface area contributed by atoms with Crippen molar-refractivity contribution in [3.05, 3.63) is 71.8 Å². The Hall–Kier alpha value is -1.56. The quantitative estimate of drug-likeness (QED) is 0.470. The highest BCUT2D eigenvalue weighted by Crippen LogP contribution is 2.41. The van der Waals surface area contributed by atoms with E-state index < -0.39 is 0 Å². The highest BCUT2D eigenvalue weighted by Gasteiger charge is 2.24. The predicted octanol–water partition coefficient (Wildman–Crippen LogP) is 9.28. The largest absolute Gasteiger partial charge is 0.0991 e. The molecule has 0 unspecified atom stereocenters. The molecule has 26 heavy (non-hydrogen) atoms. The normalized spacial score (nSPS) is 11.9. The molecule has 0 aromatic heterocycles. The van der Waals surface area contributed by atoms with Gasteiger partial charge >= 0.3 is 0 Å². The van der Waals surface area contributed by atoms with Crippen molar-refractivity contribution >= 4 is 0 Å². The molecule has 1 saturated carbocycles. The van der Waals surface area contributed by atoms with Crippen molar-refractivity contribution < 1.29 is 0 Å². The lowest BCUT2D eigenvalue weighted by molar-refractivity contribution is 0.781. The van der Waals surface area contributed by atoms with Gasteiger partial charge in [-0.15, -0.1) is 0 Å². The third-order valence-electron chi connectivity index (χ3n) is 3.78. The minimum atomic E-state index is 0.538. The molecule has 0 N–H and O–H groups in total. The fourth-order valence-corrected chi connectivity index (χ4v) is 2.18. The van der Waals surface area contributed by atoms with E-state index in [4.69, 9.17) is 0 Å². The molecule has 150 valence electrons. The number of rotatable bonds is 4. The van der Waals surface area contributed by atoms with Gasteiger partial charge in [-0.1, -0.05) is 105 Å². The zero-order valence-corrected chi connectivity index (χ0v) is 19.4. The number of aryl methyl sites for hydroxylation is 1. The van der Waals surface area contributed by atoms with Crippen molar-refractivity contribution in [3.63, 3.8) is 0 Å². The Bertz CT molecular complexity index is 485. The summed E-state index contributed by atoms with van der Waals surface area (Å²) in [7, 11) is 0. The van der Waals surface area contributed by atoms with Crippen molar-refractivity contribution in [2.24, 2.45) is 5.92 Å². The molecule has 2 rings (SSSR count). The SMILES string of the molecule is C=C/C=C(/C)C(=C)C(C)C.CC.CC.CC.Cc1ccccc1C1CC1. The van der Waals surface area contributed by atoms with Crippen LogP contribution >= 0.6 is 0 Å². The zero-order valence-electron chi connectivity index (χ0n) is 19.4. The van der Waals surface area contributed by atoms with Gasteiger partial charge in [0.2, 0.25) is 0 Å². The van der Waals surface area contributed by atoms with Gasteiger partial charge in [-0.3, -0.25) is 0 Å². The Morgan fingerprint density at radius 3 is 1.81 bits per heavy atom. The van der Waals surface area contributed by atoms with Crippen LogP contribution in [-0.2, 0) is 0 Å². The molecule has 0 nitrogen and oxygen atoms in total. The summed E-state index contributed by atoms with van der Waals surface area (Å²) in [5, 5.41) is 0. The molecule has 1 aliphatic rings. The van der Waals surface area contributed by atoms with Crippen LogP contribution in [0.1, 0.15) is 92.2 Å². The smallest absolute Gasteiger partial charge is 0.0159 e. The van der Waals surface area contributed by atoms with Gasteiger partial charge < -0.3 is 0 Å². The van der Waals surface area contributed by atoms with E-state index in [0.717, 1.165) is 5.92 Å². The first-order chi connectivity index (χ1) is 12.5. The maximum absolute atomic E-state index is 3.96. The standard InChI is InChI=1S/C10H12.C10H16.3C2H6/c1-8-4-2-3-5-10(8)9-6-7-9;1-6-7-9(4)10(5)8(2)3;3*1-2/h2-5,9H,6-7H2,1H3;6-8H,1,5H2,2-4H3;3*1-2H3/b;9-7-;;;. The maximum atomic E-state index is 3.96. The second-order valence-corrected chi connectivity index (χ2v) is 5.90. The minimum Gasteiger partial charge on any atom is -0.0991 e. The van der Waals surface area contributed by atoms with E-state index in [9.17, 15) is 0 Å². The van der Waals surface area contributed by atoms with Crippen LogP contribution in [0.15, 0.2) is 60.7 Å². The molecule has 1 fully saturated rings. The summed E-state index contributed by atoms with van der Waals surface area (Å²) >= 11 is 0. The van der Waals surface area contributed by atoms with Crippen LogP contribution in [0, 0.1) is 12.8 Å². The average Bonchev–Trinajstić information content (AvgIpc) is 3.52. The van der Waals surface area contributed by atoms with E-state index >= 15 is 0 Å². The molecule has 0 amide bonds. The van der Waals surface area contributed by atoms with Crippen LogP contribution in [0.25, 0.3) is 0 Å². The maximum Gasteiger partial charge on any atom is -0.0159 e. The van der Waals surface area contributed by atoms with Crippen molar-refractivity contribution in [3.8, 4) is 0 Å². The van der Waals surface area contributed by atoms with Crippen LogP contribution in [-0.4, -0.2) is 0 Å². The summed E-state index contributed by atoms with van der Waals surface area (Å²) < 4.78 is 0. The molecule has 0 aliphatic heterocycles. The van der Waals surface area contributed by atoms with Crippen LogP contribution in [0.5, 0.6) is 0 Å². The summed E-state index contributed by atoms with van der Waals surface area (Å²) in [6.07, 6.45) is 6.60. The number of hydrogen-bond acceptors (Lipinski definition) is 0. The fourth-order valence-electron chi connectivity index (χ4n) is 2.18. The Morgan fingerprint density at radius 1 is 1.00 bits per heavy atom. The molecule has 0 bridgehead atoms. The molecular weight excluding hydrogens is 312 g/mol. The Morgan fingerprint density at radius 2 is 1.46 bits per heavy atom. The lowest BCUT2D eigenvalue weighted by Gasteiger charge is -2.08. The molecular formula is C26H46. The molecule has 0 radical (unpaired) electrons. The van der Waals surface area contributed by atoms with Gasteiger partial charge in [0.1, 0.15) is 0 Å². The van der Waals surface area contributed by atoms with Gasteiger partial charge in [0.05, 0.1) is 0 Å². The third-order valence-corrected chi connectivity index (χ3v) is 3.78. The van der Waals surface area contributed by atoms with E-state index in [1.54, 1.807) is 11.6 Å². The molecule has 0 spiro atoms. The lowest BCUT2D eigenvalue weighted by Crippen LogP contribution is -1.92. The van der Waals surface area contributed by atoms with E-state index in [1.165, 1.54) is 29.6 Å². The molecule has 0 heteroatoms. The Kier molecular flexibility index (Phi) is 22.2. The average molecular weight is 359 g/mol. The van der Waals surface area contributed by atoms with E-state index in [1.807, 2.05) is 47.6 Å². The number of allylic oxidation sites excluding steroid dienone is 4. The Balaban J connectivity index is -0.000000316. The van der Waals surface area contributed by atoms with Crippen molar-refractivity contribution in [1.29, 1.82) is 0 Å². The molecule has 1 aliphatic carbocycles. The van der Waals surface area contributed by atoms with Gasteiger partial charge in [-0.2, -0.15) is 0 Å². The van der Waals surface area contributed by atoms with Gasteiger partial charge in [-0.25, -0.2) is 0 Å². The summed E-state index contributed by atoms with van der Waals surface area (Å²) in [6.45, 7) is 28.1. The van der Waals surface area contributed by atoms with Crippen LogP contribution in [0.2, 0.25) is 0 Å². The monoisotopic (exact) mass is 358 g/mol. The first-order valence-electron chi connectivity index (χ1n) is 10.5. The topological polar surface area (TPSA) is 0 Å². The van der Waals surface area contributed by atoms with E-state index in [2.05, 4.69) is 65.1 Å². The predicted molar refractivity (Wildman–Crippen MR) is 125 cm³/mol. The molecule has 1 aromatic carbocycles. The van der Waals surface area contributed by atoms with Crippen LogP contribution in [0.3, 0.4) is 0 Å². The van der Waals surface area contributed by atoms with Crippen molar-refractivity contribution in [2.75, 3.05) is 0 Å². The molecule has 0 atom stereocenters. The minimum absolute atomic E-state index is 0.538. The van der Waals surface area contributed by atoms with E-state index in [0.29, 0.717) is 5.92 Å². The Labute approximate surface area is 166 Å². The van der Waals surface area contributed by atoms with Crippen LogP contribution < -0.4 is 0 Å². The van der Waals surface area contributed by atoms with E-state index in [-0.39, 0.29) is 0 Å². The lowest BCUT2D eigenvalue weighted by atomic mass is 9.98. The molecule has 1 aromatic rings. The molecule has 0 saturated heterocycles. The van der Waals surface area contributed by atoms with Gasteiger partial charge in [0, 0.05) is 0 Å². The fraction of sp³-hybridized carbons (Fsp3) is 0.538. The summed E-state index contributed by atoms with van der Waals surface area (Å²) in [4.78, 5) is 0. The first kappa shape index (κ1) is 29.2. The summed E-state index contributed by atoms with van der Waals surface area (Å²) in [6, 6.07) is 8.71. The van der Waals surface area contributed by atoms with Gasteiger partial charge in [0.25, 0.3) is 0 Å². The summed E-state index contributed by atoms with van der Waals surface area (Å²) in [5.41, 5.74) is 5.46. The van der Waals surface area contributed by atoms with Crippen molar-refractivity contribution in [1.82, 2.24) is 0 Å². The first-order valence-corrected chi connectivity index (χ1v) is 10.5. The number of benzene rings is 1. The highest BCUT2D eigenvalue weighted by atomic mass is 14.3. The van der Waals surface area contributed by atoms with Gasteiger partial charge in [-0.05, 0) is 60.8 Å². The summed E-state index contributed by atoms with van der Waals surface area (Å²) in [5.74, 6) is 1.44. The van der Waals surface area contributed by atoms with Crippen LogP contribution in [0.4, 0.5) is 0 Å².